The van der Waals surface area contributed by atoms with Crippen LogP contribution in [0.3, 0.4) is 0 Å². The van der Waals surface area contributed by atoms with E-state index in [1.165, 1.54) is 12.1 Å². The van der Waals surface area contributed by atoms with Crippen molar-refractivity contribution in [2.75, 3.05) is 0 Å². The van der Waals surface area contributed by atoms with Gasteiger partial charge in [0.05, 0.1) is 17.8 Å². The molecule has 0 amide bonds. The lowest BCUT2D eigenvalue weighted by Gasteiger charge is -2.24. The summed E-state index contributed by atoms with van der Waals surface area (Å²) in [4.78, 5) is 6.49. The average molecular weight is 439 g/mol. The Balaban J connectivity index is 1.34. The van der Waals surface area contributed by atoms with Crippen molar-refractivity contribution < 1.29 is 13.3 Å². The first-order chi connectivity index (χ1) is 15.0. The molecule has 0 saturated heterocycles. The second-order valence-electron chi connectivity index (χ2n) is 7.42. The molecule has 5 nitrogen and oxygen atoms in total. The molecule has 1 atom stereocenters. The van der Waals surface area contributed by atoms with E-state index in [-0.39, 0.29) is 11.6 Å². The molecule has 3 heterocycles. The number of hydrogen-bond acceptors (Lipinski definition) is 5. The van der Waals surface area contributed by atoms with Crippen molar-refractivity contribution in [3.63, 3.8) is 0 Å². The highest BCUT2D eigenvalue weighted by Gasteiger charge is 2.30. The maximum Gasteiger partial charge on any atom is 0.169 e. The van der Waals surface area contributed by atoms with Crippen LogP contribution in [0.4, 0.5) is 8.78 Å². The van der Waals surface area contributed by atoms with Crippen molar-refractivity contribution in [1.29, 1.82) is 0 Å². The third kappa shape index (κ3) is 3.72. The zero-order valence-electron chi connectivity index (χ0n) is 16.4. The summed E-state index contributed by atoms with van der Waals surface area (Å²) in [7, 11) is 0. The van der Waals surface area contributed by atoms with Crippen LogP contribution in [0, 0.1) is 11.6 Å². The van der Waals surface area contributed by atoms with Gasteiger partial charge in [-0.3, -0.25) is 4.99 Å². The van der Waals surface area contributed by atoms with Crippen molar-refractivity contribution in [2.45, 2.75) is 19.5 Å². The molecule has 2 aliphatic heterocycles. The highest BCUT2D eigenvalue weighted by Crippen LogP contribution is 2.29. The molecular formula is C23H17ClF2N4O. The largest absolute Gasteiger partial charge is 0.359 e. The average Bonchev–Trinajstić information content (AvgIpc) is 3.38. The Morgan fingerprint density at radius 1 is 1.13 bits per heavy atom. The number of aromatic nitrogens is 1. The monoisotopic (exact) mass is 438 g/mol. The fourth-order valence-corrected chi connectivity index (χ4v) is 3.80. The van der Waals surface area contributed by atoms with Gasteiger partial charge < -0.3 is 14.7 Å². The van der Waals surface area contributed by atoms with Gasteiger partial charge in [-0.05, 0) is 36.8 Å². The van der Waals surface area contributed by atoms with Gasteiger partial charge in [-0.15, -0.1) is 0 Å². The third-order valence-electron chi connectivity index (χ3n) is 5.17. The van der Waals surface area contributed by atoms with Crippen molar-refractivity contribution in [3.05, 3.63) is 100 Å². The highest BCUT2D eigenvalue weighted by molar-refractivity contribution is 6.30. The number of nitrogens with one attached hydrogen (secondary N) is 1. The van der Waals surface area contributed by atoms with E-state index in [9.17, 15) is 8.78 Å². The van der Waals surface area contributed by atoms with Gasteiger partial charge in [0.25, 0.3) is 0 Å². The van der Waals surface area contributed by atoms with Crippen LogP contribution in [0.1, 0.15) is 18.2 Å². The van der Waals surface area contributed by atoms with Crippen LogP contribution in [0.15, 0.2) is 81.7 Å². The Morgan fingerprint density at radius 3 is 2.74 bits per heavy atom. The number of halogens is 3. The molecule has 0 radical (unpaired) electrons. The first-order valence-electron chi connectivity index (χ1n) is 9.64. The topological polar surface area (TPSA) is 53.7 Å². The second-order valence-corrected chi connectivity index (χ2v) is 7.86. The van der Waals surface area contributed by atoms with E-state index in [1.54, 1.807) is 12.1 Å². The molecule has 0 aliphatic carbocycles. The molecular weight excluding hydrogens is 422 g/mol. The number of aliphatic imine (C=N–C) groups is 1. The van der Waals surface area contributed by atoms with Crippen LogP contribution < -0.4 is 5.32 Å². The predicted molar refractivity (Wildman–Crippen MR) is 114 cm³/mol. The molecule has 1 unspecified atom stereocenters. The number of amidine groups is 1. The van der Waals surface area contributed by atoms with Crippen molar-refractivity contribution in [2.24, 2.45) is 4.99 Å². The van der Waals surface area contributed by atoms with Gasteiger partial charge in [0.1, 0.15) is 17.6 Å². The molecule has 156 valence electrons. The number of hydrogen-bond donors (Lipinski definition) is 1. The first kappa shape index (κ1) is 19.5. The quantitative estimate of drug-likeness (QED) is 0.604. The Labute approximate surface area is 182 Å². The molecule has 8 heteroatoms. The zero-order chi connectivity index (χ0) is 21.5. The molecule has 0 spiro atoms. The summed E-state index contributed by atoms with van der Waals surface area (Å²) < 4.78 is 33.3. The smallest absolute Gasteiger partial charge is 0.169 e. The van der Waals surface area contributed by atoms with Crippen LogP contribution in [0.2, 0.25) is 5.02 Å². The van der Waals surface area contributed by atoms with Gasteiger partial charge in [-0.1, -0.05) is 35.0 Å². The standard InChI is InChI=1S/C23H17ClF2N4O/c1-13-10-30(11-16-9-19(29-31-16)14-5-7-15(24)8-6-14)12-20-22(13)28-23(27-20)17-3-2-4-18(25)21(17)26/h2-10,12,22H,11H2,1H3,(H,27,28). The molecule has 5 rings (SSSR count). The summed E-state index contributed by atoms with van der Waals surface area (Å²) >= 11 is 5.94. The fraction of sp³-hybridized carbons (Fsp3) is 0.130. The van der Waals surface area contributed by atoms with Gasteiger partial charge in [0, 0.05) is 29.1 Å². The maximum absolute atomic E-state index is 14.2. The molecule has 1 N–H and O–H groups in total. The zero-order valence-corrected chi connectivity index (χ0v) is 17.2. The number of nitrogens with zero attached hydrogens (tertiary/aromatic N) is 3. The molecule has 2 aromatic carbocycles. The molecule has 2 aliphatic rings. The Morgan fingerprint density at radius 2 is 1.94 bits per heavy atom. The van der Waals surface area contributed by atoms with E-state index in [4.69, 9.17) is 16.1 Å². The van der Waals surface area contributed by atoms with Crippen LogP contribution in [0.5, 0.6) is 0 Å². The SMILES string of the molecule is CC1=CN(Cc2cc(-c3ccc(Cl)cc3)no2)C=C2NC(c3cccc(F)c3F)=NC12. The van der Waals surface area contributed by atoms with Gasteiger partial charge >= 0.3 is 0 Å². The minimum atomic E-state index is -0.914. The minimum Gasteiger partial charge on any atom is -0.359 e. The normalized spacial score (nSPS) is 17.6. The van der Waals surface area contributed by atoms with E-state index >= 15 is 0 Å². The van der Waals surface area contributed by atoms with E-state index in [1.807, 2.05) is 42.4 Å². The van der Waals surface area contributed by atoms with Crippen LogP contribution in [-0.4, -0.2) is 21.9 Å². The summed E-state index contributed by atoms with van der Waals surface area (Å²) in [6.07, 6.45) is 3.84. The third-order valence-corrected chi connectivity index (χ3v) is 5.42. The predicted octanol–water partition coefficient (Wildman–Crippen LogP) is 5.25. The Bertz CT molecular complexity index is 1250. The highest BCUT2D eigenvalue weighted by atomic mass is 35.5. The van der Waals surface area contributed by atoms with Gasteiger partial charge in [-0.25, -0.2) is 8.78 Å². The summed E-state index contributed by atoms with van der Waals surface area (Å²) in [5, 5.41) is 7.92. The minimum absolute atomic E-state index is 0.109. The Kier molecular flexibility index (Phi) is 4.82. The summed E-state index contributed by atoms with van der Waals surface area (Å²) in [6.45, 7) is 2.40. The number of rotatable bonds is 4. The van der Waals surface area contributed by atoms with Crippen LogP contribution in [0.25, 0.3) is 11.3 Å². The summed E-state index contributed by atoms with van der Waals surface area (Å²) in [5.41, 5.74) is 3.50. The lowest BCUT2D eigenvalue weighted by atomic mass is 10.1. The molecule has 0 bridgehead atoms. The lowest BCUT2D eigenvalue weighted by molar-refractivity contribution is 0.338. The van der Waals surface area contributed by atoms with Crippen molar-refractivity contribution in [3.8, 4) is 11.3 Å². The van der Waals surface area contributed by atoms with Crippen LogP contribution in [-0.2, 0) is 6.54 Å². The molecule has 0 fully saturated rings. The molecule has 1 aromatic heterocycles. The first-order valence-corrected chi connectivity index (χ1v) is 10.0. The van der Waals surface area contributed by atoms with Gasteiger partial charge in [0.15, 0.2) is 17.4 Å². The van der Waals surface area contributed by atoms with Gasteiger partial charge in [0.2, 0.25) is 0 Å². The molecule has 3 aromatic rings. The molecule has 0 saturated carbocycles. The van der Waals surface area contributed by atoms with Crippen molar-refractivity contribution >= 4 is 17.4 Å². The fourth-order valence-electron chi connectivity index (χ4n) is 3.67. The van der Waals surface area contributed by atoms with E-state index in [0.29, 0.717) is 23.2 Å². The Hall–Kier alpha value is -3.45. The van der Waals surface area contributed by atoms with E-state index < -0.39 is 11.6 Å². The summed E-state index contributed by atoms with van der Waals surface area (Å²) in [6, 6.07) is 13.1. The second kappa shape index (κ2) is 7.67. The summed E-state index contributed by atoms with van der Waals surface area (Å²) in [5.74, 6) is -0.823. The van der Waals surface area contributed by atoms with Crippen LogP contribution >= 0.6 is 11.6 Å². The van der Waals surface area contributed by atoms with Crippen molar-refractivity contribution in [1.82, 2.24) is 15.4 Å². The number of fused-ring (bicyclic) bond motifs is 1. The van der Waals surface area contributed by atoms with Gasteiger partial charge in [-0.2, -0.15) is 0 Å². The van der Waals surface area contributed by atoms with E-state index in [2.05, 4.69) is 15.5 Å². The van der Waals surface area contributed by atoms with E-state index in [0.717, 1.165) is 28.6 Å². The number of benzene rings is 2. The maximum atomic E-state index is 14.2. The lowest BCUT2D eigenvalue weighted by Crippen LogP contribution is -2.27. The molecule has 31 heavy (non-hydrogen) atoms.